The van der Waals surface area contributed by atoms with Crippen molar-refractivity contribution in [2.75, 3.05) is 0 Å². The van der Waals surface area contributed by atoms with Gasteiger partial charge in [-0.1, -0.05) is 37.9 Å². The van der Waals surface area contributed by atoms with E-state index in [1.165, 1.54) is 0 Å². The molecule has 0 saturated carbocycles. The SMILES string of the molecule is [Na+].[S-]c1c(Br)cccc1Br. The molecule has 1 aromatic rings. The summed E-state index contributed by atoms with van der Waals surface area (Å²) in [6.07, 6.45) is 0. The monoisotopic (exact) mass is 288 g/mol. The largest absolute Gasteiger partial charge is 1.00 e. The minimum Gasteiger partial charge on any atom is -0.778 e. The van der Waals surface area contributed by atoms with Crippen LogP contribution in [0.15, 0.2) is 32.0 Å². The number of halogens is 2. The number of rotatable bonds is 0. The summed E-state index contributed by atoms with van der Waals surface area (Å²) in [5.74, 6) is 0. The summed E-state index contributed by atoms with van der Waals surface area (Å²) >= 11 is 11.6. The van der Waals surface area contributed by atoms with E-state index in [1.54, 1.807) is 0 Å². The van der Waals surface area contributed by atoms with Crippen LogP contribution in [0.2, 0.25) is 0 Å². The fraction of sp³-hybridized carbons (Fsp3) is 0. The van der Waals surface area contributed by atoms with Gasteiger partial charge in [0.2, 0.25) is 0 Å². The summed E-state index contributed by atoms with van der Waals surface area (Å²) in [7, 11) is 0. The van der Waals surface area contributed by atoms with Gasteiger partial charge in [0.05, 0.1) is 0 Å². The van der Waals surface area contributed by atoms with Crippen molar-refractivity contribution in [1.82, 2.24) is 0 Å². The molecule has 4 heteroatoms. The van der Waals surface area contributed by atoms with Gasteiger partial charge >= 0.3 is 29.6 Å². The smallest absolute Gasteiger partial charge is 0.778 e. The zero-order valence-corrected chi connectivity index (χ0v) is 11.4. The summed E-state index contributed by atoms with van der Waals surface area (Å²) in [5.41, 5.74) is 0. The van der Waals surface area contributed by atoms with Crippen molar-refractivity contribution in [3.05, 3.63) is 27.1 Å². The van der Waals surface area contributed by atoms with Gasteiger partial charge in [-0.05, 0) is 21.1 Å². The zero-order valence-electron chi connectivity index (χ0n) is 5.40. The second-order valence-corrected chi connectivity index (χ2v) is 3.67. The van der Waals surface area contributed by atoms with Crippen molar-refractivity contribution in [1.29, 1.82) is 0 Å². The van der Waals surface area contributed by atoms with E-state index < -0.39 is 0 Å². The summed E-state index contributed by atoms with van der Waals surface area (Å²) < 4.78 is 1.93. The predicted octanol–water partition coefficient (Wildman–Crippen LogP) is 0.121. The maximum Gasteiger partial charge on any atom is 1.00 e. The van der Waals surface area contributed by atoms with Crippen LogP contribution in [-0.2, 0) is 12.6 Å². The Morgan fingerprint density at radius 1 is 1.10 bits per heavy atom. The van der Waals surface area contributed by atoms with Crippen LogP contribution in [0.4, 0.5) is 0 Å². The number of hydrogen-bond acceptors (Lipinski definition) is 1. The zero-order chi connectivity index (χ0) is 6.85. The average molecular weight is 290 g/mol. The van der Waals surface area contributed by atoms with Crippen LogP contribution in [0.1, 0.15) is 0 Å². The van der Waals surface area contributed by atoms with Gasteiger partial charge in [-0.25, -0.2) is 0 Å². The van der Waals surface area contributed by atoms with Crippen LogP contribution in [0.5, 0.6) is 0 Å². The Bertz CT molecular complexity index is 207. The molecule has 0 unspecified atom stereocenters. The first kappa shape index (κ1) is 11.4. The molecule has 0 aliphatic carbocycles. The Kier molecular flexibility index (Phi) is 5.83. The second kappa shape index (κ2) is 5.12. The van der Waals surface area contributed by atoms with Crippen molar-refractivity contribution in [2.24, 2.45) is 0 Å². The second-order valence-electron chi connectivity index (χ2n) is 1.55. The van der Waals surface area contributed by atoms with E-state index in [-0.39, 0.29) is 29.6 Å². The predicted molar refractivity (Wildman–Crippen MR) is 47.5 cm³/mol. The van der Waals surface area contributed by atoms with Gasteiger partial charge in [0, 0.05) is 0 Å². The standard InChI is InChI=1S/C6H4Br2S.Na/c7-4-2-1-3-5(8)6(4)9;/h1-3,9H;/q;+1/p-1. The van der Waals surface area contributed by atoms with Crippen LogP contribution in [-0.4, -0.2) is 0 Å². The molecule has 10 heavy (non-hydrogen) atoms. The summed E-state index contributed by atoms with van der Waals surface area (Å²) in [4.78, 5) is 0.831. The van der Waals surface area contributed by atoms with Gasteiger partial charge in [0.25, 0.3) is 0 Å². The minimum atomic E-state index is 0. The van der Waals surface area contributed by atoms with E-state index in [2.05, 4.69) is 31.9 Å². The third kappa shape index (κ3) is 2.80. The van der Waals surface area contributed by atoms with E-state index in [0.29, 0.717) is 0 Å². The molecule has 0 radical (unpaired) electrons. The molecule has 0 heterocycles. The van der Waals surface area contributed by atoms with Crippen molar-refractivity contribution < 1.29 is 29.6 Å². The molecule has 0 nitrogen and oxygen atoms in total. The average Bonchev–Trinajstić information content (AvgIpc) is 1.83. The molecule has 0 atom stereocenters. The maximum absolute atomic E-state index is 5.00. The molecule has 0 aliphatic heterocycles. The Hall–Kier alpha value is 1.40. The van der Waals surface area contributed by atoms with Crippen LogP contribution >= 0.6 is 31.9 Å². The maximum atomic E-state index is 5.00. The normalized spacial score (nSPS) is 8.60. The minimum absolute atomic E-state index is 0. The summed E-state index contributed by atoms with van der Waals surface area (Å²) in [6, 6.07) is 5.78. The molecule has 1 aromatic carbocycles. The Balaban J connectivity index is 0.000000810. The number of hydrogen-bond donors (Lipinski definition) is 0. The van der Waals surface area contributed by atoms with Crippen molar-refractivity contribution in [2.45, 2.75) is 4.90 Å². The molecule has 0 bridgehead atoms. The molecule has 0 N–H and O–H groups in total. The Morgan fingerprint density at radius 2 is 1.50 bits per heavy atom. The van der Waals surface area contributed by atoms with Crippen LogP contribution < -0.4 is 29.6 Å². The molecule has 1 rings (SSSR count). The van der Waals surface area contributed by atoms with E-state index in [4.69, 9.17) is 12.6 Å². The van der Waals surface area contributed by atoms with Crippen molar-refractivity contribution >= 4 is 44.5 Å². The fourth-order valence-corrected chi connectivity index (χ4v) is 1.62. The first-order valence-corrected chi connectivity index (χ1v) is 4.32. The Labute approximate surface area is 105 Å². The molecule has 0 spiro atoms. The first-order valence-electron chi connectivity index (χ1n) is 2.33. The van der Waals surface area contributed by atoms with Crippen molar-refractivity contribution in [3.63, 3.8) is 0 Å². The van der Waals surface area contributed by atoms with Gasteiger partial charge in [-0.15, -0.1) is 4.90 Å². The first-order chi connectivity index (χ1) is 4.22. The van der Waals surface area contributed by atoms with Crippen LogP contribution in [0, 0.1) is 0 Å². The fourth-order valence-electron chi connectivity index (χ4n) is 0.483. The van der Waals surface area contributed by atoms with Crippen molar-refractivity contribution in [3.8, 4) is 0 Å². The van der Waals surface area contributed by atoms with Gasteiger partial charge in [0.1, 0.15) is 0 Å². The summed E-state index contributed by atoms with van der Waals surface area (Å²) in [5, 5.41) is 0. The van der Waals surface area contributed by atoms with Gasteiger partial charge in [0.15, 0.2) is 0 Å². The molecular weight excluding hydrogens is 287 g/mol. The number of benzene rings is 1. The molecule has 0 aromatic heterocycles. The molecular formula is C6H3Br2NaS. The van der Waals surface area contributed by atoms with E-state index in [0.717, 1.165) is 13.8 Å². The van der Waals surface area contributed by atoms with Gasteiger partial charge in [-0.3, -0.25) is 0 Å². The quantitative estimate of drug-likeness (QED) is 0.483. The van der Waals surface area contributed by atoms with E-state index >= 15 is 0 Å². The third-order valence-electron chi connectivity index (χ3n) is 0.919. The molecule has 48 valence electrons. The molecule has 0 aliphatic rings. The third-order valence-corrected chi connectivity index (χ3v) is 3.21. The van der Waals surface area contributed by atoms with Crippen LogP contribution in [0.25, 0.3) is 0 Å². The van der Waals surface area contributed by atoms with Gasteiger partial charge < -0.3 is 12.6 Å². The molecule has 0 fully saturated rings. The van der Waals surface area contributed by atoms with Crippen LogP contribution in [0.3, 0.4) is 0 Å². The molecule has 0 saturated heterocycles. The summed E-state index contributed by atoms with van der Waals surface area (Å²) in [6.45, 7) is 0. The van der Waals surface area contributed by atoms with Gasteiger partial charge in [-0.2, -0.15) is 0 Å². The molecule has 0 amide bonds. The van der Waals surface area contributed by atoms with E-state index in [1.807, 2.05) is 18.2 Å². The topological polar surface area (TPSA) is 0 Å². The Morgan fingerprint density at radius 3 is 1.80 bits per heavy atom. The van der Waals surface area contributed by atoms with E-state index in [9.17, 15) is 0 Å².